The van der Waals surface area contributed by atoms with Crippen molar-refractivity contribution >= 4 is 23.6 Å². The van der Waals surface area contributed by atoms with Crippen molar-refractivity contribution in [2.45, 2.75) is 83.0 Å². The van der Waals surface area contributed by atoms with Gasteiger partial charge in [0.05, 0.1) is 22.4 Å². The third-order valence-electron chi connectivity index (χ3n) is 6.86. The zero-order valence-corrected chi connectivity index (χ0v) is 22.8. The smallest absolute Gasteiger partial charge is 0.410 e. The summed E-state index contributed by atoms with van der Waals surface area (Å²) in [7, 11) is 0. The lowest BCUT2D eigenvalue weighted by atomic mass is 9.92. The number of ether oxygens (including phenoxy) is 2. The van der Waals surface area contributed by atoms with Gasteiger partial charge < -0.3 is 19.7 Å². The number of nitriles is 1. The predicted octanol–water partition coefficient (Wildman–Crippen LogP) is 5.24. The second kappa shape index (κ2) is 12.0. The molecule has 2 amide bonds. The fraction of sp³-hybridized carbons (Fsp3) is 0.536. The molecule has 0 atom stereocenters. The van der Waals surface area contributed by atoms with Crippen LogP contribution < -0.4 is 10.1 Å². The van der Waals surface area contributed by atoms with Crippen LogP contribution in [0, 0.1) is 11.3 Å². The number of hydrogen-bond donors (Lipinski definition) is 1. The third-order valence-corrected chi connectivity index (χ3v) is 7.17. The van der Waals surface area contributed by atoms with Gasteiger partial charge in [0, 0.05) is 31.1 Å². The summed E-state index contributed by atoms with van der Waals surface area (Å²) in [5.41, 5.74) is 1.05. The first-order valence-corrected chi connectivity index (χ1v) is 13.5. The number of aromatic nitrogens is 2. The molecule has 2 aliphatic rings. The molecule has 1 aromatic heterocycles. The summed E-state index contributed by atoms with van der Waals surface area (Å²) in [6, 6.07) is 10.8. The fourth-order valence-corrected chi connectivity index (χ4v) is 5.02. The van der Waals surface area contributed by atoms with Crippen molar-refractivity contribution in [2.75, 3.05) is 13.1 Å². The van der Waals surface area contributed by atoms with Gasteiger partial charge in [0.1, 0.15) is 17.4 Å². The van der Waals surface area contributed by atoms with E-state index in [1.165, 1.54) is 0 Å². The van der Waals surface area contributed by atoms with E-state index in [1.54, 1.807) is 29.2 Å². The van der Waals surface area contributed by atoms with E-state index >= 15 is 0 Å². The van der Waals surface area contributed by atoms with Gasteiger partial charge in [-0.05, 0) is 83.6 Å². The zero-order chi connectivity index (χ0) is 27.3. The van der Waals surface area contributed by atoms with Gasteiger partial charge in [-0.1, -0.05) is 11.6 Å². The summed E-state index contributed by atoms with van der Waals surface area (Å²) in [4.78, 5) is 26.8. The maximum Gasteiger partial charge on any atom is 0.410 e. The Morgan fingerprint density at radius 3 is 2.34 bits per heavy atom. The molecule has 0 unspecified atom stereocenters. The van der Waals surface area contributed by atoms with E-state index in [1.807, 2.05) is 32.9 Å². The number of nitrogens with zero attached hydrogens (tertiary/aromatic N) is 4. The average Bonchev–Trinajstić information content (AvgIpc) is 2.89. The number of carbonyl (C=O) groups is 2. The molecule has 1 aliphatic carbocycles. The van der Waals surface area contributed by atoms with Crippen LogP contribution in [-0.4, -0.2) is 57.9 Å². The van der Waals surface area contributed by atoms with Crippen molar-refractivity contribution in [2.24, 2.45) is 0 Å². The van der Waals surface area contributed by atoms with Gasteiger partial charge in [-0.15, -0.1) is 5.10 Å². The van der Waals surface area contributed by atoms with Crippen LogP contribution in [0.15, 0.2) is 30.3 Å². The van der Waals surface area contributed by atoms with Crippen molar-refractivity contribution in [3.8, 4) is 11.8 Å². The van der Waals surface area contributed by atoms with Crippen LogP contribution in [0.4, 0.5) is 4.79 Å². The number of piperidine rings is 1. The van der Waals surface area contributed by atoms with Crippen molar-refractivity contribution in [3.63, 3.8) is 0 Å². The average molecular weight is 540 g/mol. The molecular weight excluding hydrogens is 506 g/mol. The Balaban J connectivity index is 1.21. The molecule has 0 bridgehead atoms. The Morgan fingerprint density at radius 1 is 1.05 bits per heavy atom. The summed E-state index contributed by atoms with van der Waals surface area (Å²) in [5.74, 6) is 0.610. The highest BCUT2D eigenvalue weighted by Crippen LogP contribution is 2.29. The van der Waals surface area contributed by atoms with Crippen LogP contribution in [0.5, 0.6) is 5.75 Å². The van der Waals surface area contributed by atoms with Gasteiger partial charge in [0.25, 0.3) is 5.91 Å². The fourth-order valence-electron chi connectivity index (χ4n) is 4.80. The molecule has 4 rings (SSSR count). The molecule has 38 heavy (non-hydrogen) atoms. The van der Waals surface area contributed by atoms with Gasteiger partial charge in [0.2, 0.25) is 0 Å². The number of carbonyl (C=O) groups excluding carboxylic acids is 2. The van der Waals surface area contributed by atoms with Crippen LogP contribution in [0.25, 0.3) is 0 Å². The summed E-state index contributed by atoms with van der Waals surface area (Å²) in [6.45, 7) is 6.79. The van der Waals surface area contributed by atoms with Crippen LogP contribution in [0.3, 0.4) is 0 Å². The van der Waals surface area contributed by atoms with Crippen LogP contribution in [0.1, 0.15) is 87.0 Å². The van der Waals surface area contributed by atoms with Crippen LogP contribution >= 0.6 is 11.6 Å². The molecule has 0 radical (unpaired) electrons. The van der Waals surface area contributed by atoms with Crippen molar-refractivity contribution in [1.82, 2.24) is 20.4 Å². The Kier molecular flexibility index (Phi) is 8.72. The number of likely N-dealkylation sites (tertiary alicyclic amines) is 1. The molecular formula is C28H34ClN5O4. The molecule has 0 spiro atoms. The van der Waals surface area contributed by atoms with Gasteiger partial charge in [-0.3, -0.25) is 4.79 Å². The summed E-state index contributed by atoms with van der Waals surface area (Å²) >= 11 is 6.10. The lowest BCUT2D eigenvalue weighted by molar-refractivity contribution is 0.0203. The minimum absolute atomic E-state index is 0.0352. The zero-order valence-electron chi connectivity index (χ0n) is 22.1. The van der Waals surface area contributed by atoms with Gasteiger partial charge in [-0.2, -0.15) is 10.4 Å². The molecule has 1 N–H and O–H groups in total. The minimum Gasteiger partial charge on any atom is -0.490 e. The van der Waals surface area contributed by atoms with Gasteiger partial charge >= 0.3 is 6.09 Å². The quantitative estimate of drug-likeness (QED) is 0.552. The largest absolute Gasteiger partial charge is 0.490 e. The Hall–Kier alpha value is -3.38. The van der Waals surface area contributed by atoms with Crippen molar-refractivity contribution in [3.05, 3.63) is 52.3 Å². The molecule has 1 aliphatic heterocycles. The summed E-state index contributed by atoms with van der Waals surface area (Å²) in [5, 5.41) is 21.0. The van der Waals surface area contributed by atoms with E-state index in [2.05, 4.69) is 15.5 Å². The van der Waals surface area contributed by atoms with Crippen molar-refractivity contribution in [1.29, 1.82) is 5.26 Å². The van der Waals surface area contributed by atoms with Crippen LogP contribution in [-0.2, 0) is 4.74 Å². The number of nitrogens with one attached hydrogen (secondary N) is 1. The molecule has 1 saturated heterocycles. The summed E-state index contributed by atoms with van der Waals surface area (Å²) in [6.07, 6.45) is 4.49. The van der Waals surface area contributed by atoms with E-state index in [9.17, 15) is 9.59 Å². The van der Waals surface area contributed by atoms with Crippen LogP contribution in [0.2, 0.25) is 5.02 Å². The summed E-state index contributed by atoms with van der Waals surface area (Å²) < 4.78 is 11.5. The number of amides is 2. The molecule has 1 saturated carbocycles. The van der Waals surface area contributed by atoms with E-state index in [0.717, 1.165) is 44.2 Å². The first-order chi connectivity index (χ1) is 18.1. The molecule has 2 fully saturated rings. The standard InChI is InChI=1S/C28H34ClN5O4/c1-28(2,3)38-27(36)34-14-12-18(13-15-34)24-10-11-25(33-32-24)26(35)31-20-5-8-21(9-6-20)37-22-7-4-19(17-30)23(29)16-22/h4,7,10-11,16,18,20-21H,5-6,8-9,12-15H2,1-3H3,(H,31,35)/t20-,21-. The third kappa shape index (κ3) is 7.35. The topological polar surface area (TPSA) is 117 Å². The lowest BCUT2D eigenvalue weighted by Gasteiger charge is -2.33. The monoisotopic (exact) mass is 539 g/mol. The van der Waals surface area contributed by atoms with E-state index in [-0.39, 0.29) is 30.1 Å². The highest BCUT2D eigenvalue weighted by Gasteiger charge is 2.29. The highest BCUT2D eigenvalue weighted by molar-refractivity contribution is 6.31. The first-order valence-electron chi connectivity index (χ1n) is 13.1. The van der Waals surface area contributed by atoms with Crippen molar-refractivity contribution < 1.29 is 19.1 Å². The van der Waals surface area contributed by atoms with E-state index in [4.69, 9.17) is 26.3 Å². The SMILES string of the molecule is CC(C)(C)OC(=O)N1CCC(c2ccc(C(=O)N[C@H]3CC[C@H](Oc4ccc(C#N)c(Cl)c4)CC3)nn2)CC1. The molecule has 9 nitrogen and oxygen atoms in total. The molecule has 2 aromatic rings. The molecule has 2 heterocycles. The van der Waals surface area contributed by atoms with Gasteiger partial charge in [-0.25, -0.2) is 4.79 Å². The number of halogens is 1. The molecule has 10 heteroatoms. The van der Waals surface area contributed by atoms with E-state index in [0.29, 0.717) is 35.1 Å². The minimum atomic E-state index is -0.510. The number of benzene rings is 1. The number of rotatable bonds is 5. The Morgan fingerprint density at radius 2 is 1.76 bits per heavy atom. The predicted molar refractivity (Wildman–Crippen MR) is 142 cm³/mol. The maximum absolute atomic E-state index is 12.8. The lowest BCUT2D eigenvalue weighted by Crippen LogP contribution is -2.41. The van der Waals surface area contributed by atoms with E-state index < -0.39 is 5.60 Å². The molecule has 1 aromatic carbocycles. The Bertz CT molecular complexity index is 1180. The normalized spacial score (nSPS) is 20.3. The Labute approximate surface area is 228 Å². The first kappa shape index (κ1) is 27.6. The van der Waals surface area contributed by atoms with Gasteiger partial charge in [0.15, 0.2) is 5.69 Å². The second-order valence-corrected chi connectivity index (χ2v) is 11.3. The molecule has 202 valence electrons. The second-order valence-electron chi connectivity index (χ2n) is 10.9. The number of hydrogen-bond acceptors (Lipinski definition) is 7. The maximum atomic E-state index is 12.8. The highest BCUT2D eigenvalue weighted by atomic mass is 35.5.